The molecular weight excluding hydrogens is 396 g/mol. The maximum absolute atomic E-state index is 9.96. The van der Waals surface area contributed by atoms with Crippen molar-refractivity contribution in [3.8, 4) is 0 Å². The molecule has 27 heavy (non-hydrogen) atoms. The largest absolute Gasteiger partial charge is 0.393 e. The normalized spacial score (nSPS) is 12.6. The highest BCUT2D eigenvalue weighted by atomic mass is 79.9. The molecule has 1 atom stereocenters. The van der Waals surface area contributed by atoms with Crippen LogP contribution in [0.4, 0.5) is 0 Å². The Bertz CT molecular complexity index is 257. The Labute approximate surface area is 180 Å². The van der Waals surface area contributed by atoms with Crippen molar-refractivity contribution in [2.24, 2.45) is 0 Å². The first-order chi connectivity index (χ1) is 13.3. The molecule has 0 aliphatic heterocycles. The molecular formula is C25H51BrO. The van der Waals surface area contributed by atoms with E-state index in [1.807, 2.05) is 0 Å². The number of halogens is 1. The predicted octanol–water partition coefficient (Wildman–Crippen LogP) is 9.34. The van der Waals surface area contributed by atoms with Crippen LogP contribution in [0.3, 0.4) is 0 Å². The van der Waals surface area contributed by atoms with Crippen LogP contribution in [0.2, 0.25) is 0 Å². The van der Waals surface area contributed by atoms with Crippen molar-refractivity contribution < 1.29 is 5.11 Å². The molecule has 0 radical (unpaired) electrons. The number of rotatable bonds is 23. The van der Waals surface area contributed by atoms with Gasteiger partial charge in [-0.25, -0.2) is 0 Å². The summed E-state index contributed by atoms with van der Waals surface area (Å²) >= 11 is 3.46. The van der Waals surface area contributed by atoms with Crippen LogP contribution in [0, 0.1) is 0 Å². The van der Waals surface area contributed by atoms with Crippen molar-refractivity contribution in [3.05, 3.63) is 0 Å². The minimum absolute atomic E-state index is 0.0448. The molecule has 0 saturated carbocycles. The third-order valence-electron chi connectivity index (χ3n) is 5.81. The second-order valence-electron chi connectivity index (χ2n) is 8.64. The Balaban J connectivity index is 3.06. The molecule has 0 heterocycles. The molecule has 1 nitrogen and oxygen atoms in total. The summed E-state index contributed by atoms with van der Waals surface area (Å²) in [6.07, 6.45) is 29.8. The lowest BCUT2D eigenvalue weighted by atomic mass is 10.0. The van der Waals surface area contributed by atoms with E-state index in [2.05, 4.69) is 22.9 Å². The smallest absolute Gasteiger partial charge is 0.0540 e. The third-order valence-corrected chi connectivity index (χ3v) is 6.37. The lowest BCUT2D eigenvalue weighted by Crippen LogP contribution is -2.05. The fraction of sp³-hybridized carbons (Fsp3) is 1.00. The van der Waals surface area contributed by atoms with Gasteiger partial charge < -0.3 is 5.11 Å². The van der Waals surface area contributed by atoms with Crippen LogP contribution in [-0.2, 0) is 0 Å². The Hall–Kier alpha value is 0.440. The van der Waals surface area contributed by atoms with Gasteiger partial charge in [0.2, 0.25) is 0 Å². The van der Waals surface area contributed by atoms with Gasteiger partial charge in [-0.15, -0.1) is 0 Å². The van der Waals surface area contributed by atoms with E-state index in [1.54, 1.807) is 0 Å². The van der Waals surface area contributed by atoms with Gasteiger partial charge in [0, 0.05) is 5.33 Å². The van der Waals surface area contributed by atoms with E-state index in [0.717, 1.165) is 18.2 Å². The van der Waals surface area contributed by atoms with E-state index in [0.29, 0.717) is 0 Å². The third kappa shape index (κ3) is 24.4. The summed E-state index contributed by atoms with van der Waals surface area (Å²) in [6.45, 7) is 2.29. The number of hydrogen-bond donors (Lipinski definition) is 1. The first kappa shape index (κ1) is 27.4. The van der Waals surface area contributed by atoms with E-state index >= 15 is 0 Å². The SMILES string of the molecule is CCCCCCCCCCCCCCCCCCC[C@@H](O)CCCCCBr. The molecule has 0 bridgehead atoms. The zero-order valence-corrected chi connectivity index (χ0v) is 20.3. The maximum Gasteiger partial charge on any atom is 0.0540 e. The summed E-state index contributed by atoms with van der Waals surface area (Å²) in [7, 11) is 0. The van der Waals surface area contributed by atoms with E-state index in [4.69, 9.17) is 0 Å². The fourth-order valence-corrected chi connectivity index (χ4v) is 4.30. The van der Waals surface area contributed by atoms with Crippen molar-refractivity contribution in [2.45, 2.75) is 154 Å². The molecule has 0 fully saturated rings. The molecule has 0 unspecified atom stereocenters. The second kappa shape index (κ2) is 24.5. The van der Waals surface area contributed by atoms with Gasteiger partial charge in [-0.1, -0.05) is 145 Å². The van der Waals surface area contributed by atoms with Gasteiger partial charge in [0.25, 0.3) is 0 Å². The highest BCUT2D eigenvalue weighted by Gasteiger charge is 2.03. The van der Waals surface area contributed by atoms with Gasteiger partial charge in [0.15, 0.2) is 0 Å². The van der Waals surface area contributed by atoms with Crippen molar-refractivity contribution in [1.82, 2.24) is 0 Å². The zero-order valence-electron chi connectivity index (χ0n) is 18.7. The Kier molecular flexibility index (Phi) is 24.9. The van der Waals surface area contributed by atoms with Gasteiger partial charge in [-0.05, 0) is 19.3 Å². The second-order valence-corrected chi connectivity index (χ2v) is 9.43. The number of aliphatic hydroxyl groups excluding tert-OH is 1. The van der Waals surface area contributed by atoms with E-state index in [-0.39, 0.29) is 6.10 Å². The predicted molar refractivity (Wildman–Crippen MR) is 127 cm³/mol. The van der Waals surface area contributed by atoms with E-state index in [9.17, 15) is 5.11 Å². The maximum atomic E-state index is 9.96. The molecule has 0 spiro atoms. The highest BCUT2D eigenvalue weighted by Crippen LogP contribution is 2.15. The van der Waals surface area contributed by atoms with Gasteiger partial charge >= 0.3 is 0 Å². The standard InChI is InChI=1S/C25H51BrO/c1-2-3-4-5-6-7-8-9-10-11-12-13-14-15-16-17-19-22-25(27)23-20-18-21-24-26/h25,27H,2-24H2,1H3/t25-/m1/s1. The summed E-state index contributed by atoms with van der Waals surface area (Å²) in [5.74, 6) is 0. The van der Waals surface area contributed by atoms with Crippen molar-refractivity contribution >= 4 is 15.9 Å². The molecule has 1 N–H and O–H groups in total. The summed E-state index contributed by atoms with van der Waals surface area (Å²) in [6, 6.07) is 0. The minimum Gasteiger partial charge on any atom is -0.393 e. The summed E-state index contributed by atoms with van der Waals surface area (Å²) in [5, 5.41) is 11.1. The average Bonchev–Trinajstić information content (AvgIpc) is 2.67. The Morgan fingerprint density at radius 1 is 0.481 bits per heavy atom. The summed E-state index contributed by atoms with van der Waals surface area (Å²) in [5.41, 5.74) is 0. The first-order valence-electron chi connectivity index (χ1n) is 12.5. The summed E-state index contributed by atoms with van der Waals surface area (Å²) < 4.78 is 0. The minimum atomic E-state index is -0.0448. The quantitative estimate of drug-likeness (QED) is 0.122. The highest BCUT2D eigenvalue weighted by molar-refractivity contribution is 9.09. The van der Waals surface area contributed by atoms with Gasteiger partial charge in [0.05, 0.1) is 6.10 Å². The number of unbranched alkanes of at least 4 members (excludes halogenated alkanes) is 18. The molecule has 0 aromatic rings. The lowest BCUT2D eigenvalue weighted by molar-refractivity contribution is 0.147. The molecule has 0 aromatic carbocycles. The topological polar surface area (TPSA) is 20.2 Å². The van der Waals surface area contributed by atoms with Crippen molar-refractivity contribution in [3.63, 3.8) is 0 Å². The van der Waals surface area contributed by atoms with Crippen LogP contribution >= 0.6 is 15.9 Å². The van der Waals surface area contributed by atoms with E-state index < -0.39 is 0 Å². The first-order valence-corrected chi connectivity index (χ1v) is 13.7. The summed E-state index contributed by atoms with van der Waals surface area (Å²) in [4.78, 5) is 0. The average molecular weight is 448 g/mol. The zero-order chi connectivity index (χ0) is 19.8. The van der Waals surface area contributed by atoms with Crippen LogP contribution in [-0.4, -0.2) is 16.5 Å². The molecule has 0 aliphatic carbocycles. The van der Waals surface area contributed by atoms with Crippen molar-refractivity contribution in [2.75, 3.05) is 5.33 Å². The van der Waals surface area contributed by atoms with Crippen LogP contribution in [0.5, 0.6) is 0 Å². The molecule has 0 aromatic heterocycles. The molecule has 164 valence electrons. The van der Waals surface area contributed by atoms with Crippen molar-refractivity contribution in [1.29, 1.82) is 0 Å². The number of hydrogen-bond acceptors (Lipinski definition) is 1. The van der Waals surface area contributed by atoms with Gasteiger partial charge in [-0.2, -0.15) is 0 Å². The monoisotopic (exact) mass is 446 g/mol. The fourth-order valence-electron chi connectivity index (χ4n) is 3.90. The Morgan fingerprint density at radius 3 is 1.11 bits per heavy atom. The Morgan fingerprint density at radius 2 is 0.778 bits per heavy atom. The lowest BCUT2D eigenvalue weighted by Gasteiger charge is -2.10. The molecule has 2 heteroatoms. The molecule has 0 amide bonds. The van der Waals surface area contributed by atoms with Gasteiger partial charge in [-0.3, -0.25) is 0 Å². The van der Waals surface area contributed by atoms with E-state index in [1.165, 1.54) is 128 Å². The van der Waals surface area contributed by atoms with Crippen LogP contribution < -0.4 is 0 Å². The molecule has 0 rings (SSSR count). The number of alkyl halides is 1. The number of aliphatic hydroxyl groups is 1. The van der Waals surface area contributed by atoms with Crippen LogP contribution in [0.1, 0.15) is 148 Å². The van der Waals surface area contributed by atoms with Crippen LogP contribution in [0.25, 0.3) is 0 Å². The molecule has 0 aliphatic rings. The van der Waals surface area contributed by atoms with Crippen LogP contribution in [0.15, 0.2) is 0 Å². The molecule has 0 saturated heterocycles. The van der Waals surface area contributed by atoms with Gasteiger partial charge in [0.1, 0.15) is 0 Å².